The van der Waals surface area contributed by atoms with E-state index in [1.54, 1.807) is 6.07 Å². The summed E-state index contributed by atoms with van der Waals surface area (Å²) in [6.07, 6.45) is 18.2. The fourth-order valence-corrected chi connectivity index (χ4v) is 5.17. The van der Waals surface area contributed by atoms with Crippen molar-refractivity contribution in [2.45, 2.75) is 104 Å². The molecule has 1 saturated carbocycles. The Bertz CT molecular complexity index is 789. The number of benzene rings is 2. The zero-order valence-corrected chi connectivity index (χ0v) is 21.1. The Labute approximate surface area is 202 Å². The van der Waals surface area contributed by atoms with Crippen LogP contribution in [0.5, 0.6) is 5.75 Å². The van der Waals surface area contributed by atoms with Crippen LogP contribution < -0.4 is 4.74 Å². The fourth-order valence-electron chi connectivity index (χ4n) is 5.17. The molecule has 1 fully saturated rings. The van der Waals surface area contributed by atoms with E-state index in [-0.39, 0.29) is 5.82 Å². The molecule has 3 rings (SSSR count). The van der Waals surface area contributed by atoms with Crippen molar-refractivity contribution in [3.63, 3.8) is 0 Å². The quantitative estimate of drug-likeness (QED) is 0.259. The van der Waals surface area contributed by atoms with Gasteiger partial charge in [0.2, 0.25) is 0 Å². The molecule has 0 heterocycles. The van der Waals surface area contributed by atoms with Gasteiger partial charge in [-0.1, -0.05) is 108 Å². The largest absolute Gasteiger partial charge is 0.490 e. The van der Waals surface area contributed by atoms with Crippen LogP contribution in [0.3, 0.4) is 0 Å². The van der Waals surface area contributed by atoms with Crippen LogP contribution >= 0.6 is 0 Å². The molecule has 0 aliphatic heterocycles. The molecule has 1 aliphatic rings. The molecular weight excluding hydrogens is 407 g/mol. The first-order chi connectivity index (χ1) is 16.2. The van der Waals surface area contributed by atoms with E-state index < -0.39 is 0 Å². The highest BCUT2D eigenvalue weighted by molar-refractivity contribution is 5.64. The van der Waals surface area contributed by atoms with E-state index in [1.165, 1.54) is 89.0 Å². The molecule has 0 saturated heterocycles. The van der Waals surface area contributed by atoms with Crippen molar-refractivity contribution in [3.05, 3.63) is 53.8 Å². The Morgan fingerprint density at radius 2 is 1.36 bits per heavy atom. The molecule has 0 aromatic heterocycles. The van der Waals surface area contributed by atoms with Crippen molar-refractivity contribution in [1.29, 1.82) is 0 Å². The van der Waals surface area contributed by atoms with Crippen molar-refractivity contribution in [2.24, 2.45) is 11.8 Å². The highest BCUT2D eigenvalue weighted by Gasteiger charge is 2.21. The minimum atomic E-state index is -0.250. The minimum Gasteiger partial charge on any atom is -0.490 e. The standard InChI is InChI=1S/C31H45FO/c1-3-5-7-8-10-12-25-13-15-27(16-14-25)24-33-31-22-21-29(23-30(31)32)28-19-17-26(18-20-28)11-9-6-4-2/h17-23,25,27H,3-16,24H2,1-2H3/t25-,27-. The Hall–Kier alpha value is -1.83. The first-order valence-corrected chi connectivity index (χ1v) is 13.7. The summed E-state index contributed by atoms with van der Waals surface area (Å²) in [5, 5.41) is 0. The number of ether oxygens (including phenoxy) is 1. The molecule has 33 heavy (non-hydrogen) atoms. The third kappa shape index (κ3) is 8.80. The highest BCUT2D eigenvalue weighted by atomic mass is 19.1. The molecular formula is C31H45FO. The summed E-state index contributed by atoms with van der Waals surface area (Å²) in [6, 6.07) is 14.0. The summed E-state index contributed by atoms with van der Waals surface area (Å²) in [7, 11) is 0. The predicted octanol–water partition coefficient (Wildman–Crippen LogP) is 9.77. The summed E-state index contributed by atoms with van der Waals surface area (Å²) < 4.78 is 20.7. The zero-order chi connectivity index (χ0) is 23.3. The van der Waals surface area contributed by atoms with Crippen LogP contribution in [0.1, 0.15) is 103 Å². The van der Waals surface area contributed by atoms with Crippen LogP contribution in [0.15, 0.2) is 42.5 Å². The number of hydrogen-bond donors (Lipinski definition) is 0. The van der Waals surface area contributed by atoms with Gasteiger partial charge in [-0.25, -0.2) is 4.39 Å². The number of hydrogen-bond acceptors (Lipinski definition) is 1. The van der Waals surface area contributed by atoms with E-state index in [2.05, 4.69) is 38.1 Å². The van der Waals surface area contributed by atoms with Crippen molar-refractivity contribution in [1.82, 2.24) is 0 Å². The van der Waals surface area contributed by atoms with Crippen LogP contribution in [-0.2, 0) is 6.42 Å². The van der Waals surface area contributed by atoms with E-state index in [4.69, 9.17) is 4.74 Å². The van der Waals surface area contributed by atoms with Crippen LogP contribution in [0.25, 0.3) is 11.1 Å². The van der Waals surface area contributed by atoms with Gasteiger partial charge < -0.3 is 4.74 Å². The monoisotopic (exact) mass is 452 g/mol. The maximum atomic E-state index is 14.7. The summed E-state index contributed by atoms with van der Waals surface area (Å²) in [5.41, 5.74) is 3.34. The Kier molecular flexibility index (Phi) is 11.3. The van der Waals surface area contributed by atoms with Crippen LogP contribution in [0, 0.1) is 17.7 Å². The first-order valence-electron chi connectivity index (χ1n) is 13.7. The van der Waals surface area contributed by atoms with Gasteiger partial charge in [0.05, 0.1) is 6.61 Å². The Morgan fingerprint density at radius 3 is 2.06 bits per heavy atom. The summed E-state index contributed by atoms with van der Waals surface area (Å²) in [5.74, 6) is 1.62. The SMILES string of the molecule is CCCCCCC[C@H]1CC[C@H](COc2ccc(-c3ccc(CCCCC)cc3)cc2F)CC1. The van der Waals surface area contributed by atoms with Gasteiger partial charge in [-0.05, 0) is 66.3 Å². The smallest absolute Gasteiger partial charge is 0.165 e. The maximum absolute atomic E-state index is 14.7. The molecule has 0 N–H and O–H groups in total. The van der Waals surface area contributed by atoms with Gasteiger partial charge >= 0.3 is 0 Å². The lowest BCUT2D eigenvalue weighted by Gasteiger charge is -2.28. The van der Waals surface area contributed by atoms with Crippen LogP contribution in [0.2, 0.25) is 0 Å². The average molecular weight is 453 g/mol. The molecule has 0 bridgehead atoms. The Balaban J connectivity index is 1.41. The molecule has 182 valence electrons. The van der Waals surface area contributed by atoms with Crippen LogP contribution in [-0.4, -0.2) is 6.61 Å². The van der Waals surface area contributed by atoms with E-state index in [9.17, 15) is 4.39 Å². The molecule has 1 aliphatic carbocycles. The van der Waals surface area contributed by atoms with E-state index in [1.807, 2.05) is 12.1 Å². The summed E-state index contributed by atoms with van der Waals surface area (Å²) in [4.78, 5) is 0. The molecule has 2 aromatic rings. The van der Waals surface area contributed by atoms with Crippen molar-refractivity contribution < 1.29 is 9.13 Å². The lowest BCUT2D eigenvalue weighted by molar-refractivity contribution is 0.173. The lowest BCUT2D eigenvalue weighted by Crippen LogP contribution is -2.20. The number of rotatable bonds is 14. The summed E-state index contributed by atoms with van der Waals surface area (Å²) >= 11 is 0. The normalized spacial score (nSPS) is 18.4. The van der Waals surface area contributed by atoms with Crippen LogP contribution in [0.4, 0.5) is 4.39 Å². The number of unbranched alkanes of at least 4 members (excludes halogenated alkanes) is 6. The zero-order valence-electron chi connectivity index (χ0n) is 21.1. The second kappa shape index (κ2) is 14.4. The van der Waals surface area contributed by atoms with Crippen molar-refractivity contribution >= 4 is 0 Å². The van der Waals surface area contributed by atoms with Crippen molar-refractivity contribution in [2.75, 3.05) is 6.61 Å². The van der Waals surface area contributed by atoms with E-state index in [0.29, 0.717) is 18.3 Å². The summed E-state index contributed by atoms with van der Waals surface area (Å²) in [6.45, 7) is 5.15. The fraction of sp³-hybridized carbons (Fsp3) is 0.613. The molecule has 0 amide bonds. The van der Waals surface area contributed by atoms with Gasteiger partial charge in [0, 0.05) is 0 Å². The molecule has 2 aromatic carbocycles. The second-order valence-electron chi connectivity index (χ2n) is 10.2. The highest BCUT2D eigenvalue weighted by Crippen LogP contribution is 2.33. The minimum absolute atomic E-state index is 0.250. The van der Waals surface area contributed by atoms with Crippen molar-refractivity contribution in [3.8, 4) is 16.9 Å². The average Bonchev–Trinajstić information content (AvgIpc) is 2.84. The third-order valence-corrected chi connectivity index (χ3v) is 7.44. The van der Waals surface area contributed by atoms with Gasteiger partial charge in [-0.3, -0.25) is 0 Å². The molecule has 0 radical (unpaired) electrons. The topological polar surface area (TPSA) is 9.23 Å². The van der Waals surface area contributed by atoms with Gasteiger partial charge in [0.15, 0.2) is 11.6 Å². The van der Waals surface area contributed by atoms with E-state index in [0.717, 1.165) is 23.5 Å². The van der Waals surface area contributed by atoms with Gasteiger partial charge in [-0.15, -0.1) is 0 Å². The number of aryl methyl sites for hydroxylation is 1. The second-order valence-corrected chi connectivity index (χ2v) is 10.2. The lowest BCUT2D eigenvalue weighted by atomic mass is 9.80. The van der Waals surface area contributed by atoms with Gasteiger partial charge in [0.1, 0.15) is 0 Å². The third-order valence-electron chi connectivity index (χ3n) is 7.44. The molecule has 0 unspecified atom stereocenters. The Morgan fingerprint density at radius 1 is 0.727 bits per heavy atom. The molecule has 1 nitrogen and oxygen atoms in total. The van der Waals surface area contributed by atoms with Gasteiger partial charge in [0.25, 0.3) is 0 Å². The first kappa shape index (κ1) is 25.8. The van der Waals surface area contributed by atoms with E-state index >= 15 is 0 Å². The molecule has 0 atom stereocenters. The molecule has 0 spiro atoms. The van der Waals surface area contributed by atoms with Gasteiger partial charge in [-0.2, -0.15) is 0 Å². The number of halogens is 1. The molecule has 2 heteroatoms. The maximum Gasteiger partial charge on any atom is 0.165 e. The predicted molar refractivity (Wildman–Crippen MR) is 139 cm³/mol.